The highest BCUT2D eigenvalue weighted by Gasteiger charge is 2.06. The normalized spacial score (nSPS) is 10.9. The highest BCUT2D eigenvalue weighted by molar-refractivity contribution is 5.69. The lowest BCUT2D eigenvalue weighted by Gasteiger charge is -2.14. The van der Waals surface area contributed by atoms with E-state index < -0.39 is 6.16 Å². The van der Waals surface area contributed by atoms with Crippen molar-refractivity contribution in [2.45, 2.75) is 77.6 Å². The molecule has 0 aromatic carbocycles. The highest BCUT2D eigenvalue weighted by Crippen LogP contribution is 2.04. The van der Waals surface area contributed by atoms with Crippen molar-refractivity contribution in [3.63, 3.8) is 0 Å². The zero-order valence-corrected chi connectivity index (χ0v) is 18.0. The number of hydrogen-bond acceptors (Lipinski definition) is 7. The second-order valence-electron chi connectivity index (χ2n) is 7.13. The molecule has 0 aliphatic heterocycles. The van der Waals surface area contributed by atoms with Crippen LogP contribution in [0.15, 0.2) is 0 Å². The summed E-state index contributed by atoms with van der Waals surface area (Å²) in [5.41, 5.74) is 0. The Labute approximate surface area is 170 Å². The molecule has 0 spiro atoms. The molecule has 0 atom stereocenters. The van der Waals surface area contributed by atoms with Crippen LogP contribution in [0, 0.1) is 0 Å². The number of unbranched alkanes of at least 4 members (excludes halogenated alkanes) is 7. The van der Waals surface area contributed by atoms with Crippen LogP contribution in [0.3, 0.4) is 0 Å². The van der Waals surface area contributed by atoms with Crippen LogP contribution >= 0.6 is 0 Å². The molecule has 1 N–H and O–H groups in total. The van der Waals surface area contributed by atoms with E-state index in [9.17, 15) is 9.59 Å². The summed E-state index contributed by atoms with van der Waals surface area (Å²) < 4.78 is 15.2. The number of nitrogens with zero attached hydrogens (tertiary/aromatic N) is 1. The lowest BCUT2D eigenvalue weighted by atomic mass is 10.1. The van der Waals surface area contributed by atoms with E-state index in [-0.39, 0.29) is 12.6 Å². The molecule has 0 unspecified atom stereocenters. The van der Waals surface area contributed by atoms with Gasteiger partial charge in [-0.05, 0) is 58.5 Å². The van der Waals surface area contributed by atoms with Crippen molar-refractivity contribution >= 4 is 12.1 Å². The molecule has 7 heteroatoms. The van der Waals surface area contributed by atoms with Crippen molar-refractivity contribution < 1.29 is 28.9 Å². The van der Waals surface area contributed by atoms with Gasteiger partial charge < -0.3 is 24.2 Å². The van der Waals surface area contributed by atoms with Crippen molar-refractivity contribution in [1.82, 2.24) is 4.90 Å². The summed E-state index contributed by atoms with van der Waals surface area (Å²) in [4.78, 5) is 25.1. The Morgan fingerprint density at radius 1 is 0.750 bits per heavy atom. The maximum absolute atomic E-state index is 11.6. The van der Waals surface area contributed by atoms with E-state index in [0.29, 0.717) is 26.2 Å². The van der Waals surface area contributed by atoms with Gasteiger partial charge in [0.2, 0.25) is 0 Å². The average Bonchev–Trinajstić information content (AvgIpc) is 2.68. The molecule has 28 heavy (non-hydrogen) atoms. The number of carbonyl (C=O) groups excluding carboxylic acids is 2. The zero-order valence-electron chi connectivity index (χ0n) is 18.0. The molecular weight excluding hydrogens is 362 g/mol. The molecule has 0 radical (unpaired) electrons. The third-order valence-electron chi connectivity index (χ3n) is 4.35. The Morgan fingerprint density at radius 2 is 1.25 bits per heavy atom. The number of rotatable bonds is 19. The van der Waals surface area contributed by atoms with Gasteiger partial charge in [-0.15, -0.1) is 0 Å². The third kappa shape index (κ3) is 19.4. The lowest BCUT2D eigenvalue weighted by Crippen LogP contribution is -2.23. The minimum absolute atomic E-state index is 0.137. The van der Waals surface area contributed by atoms with E-state index in [1.165, 1.54) is 0 Å². The second kappa shape index (κ2) is 20.4. The van der Waals surface area contributed by atoms with Crippen molar-refractivity contribution in [1.29, 1.82) is 0 Å². The Bertz CT molecular complexity index is 378. The first-order valence-electron chi connectivity index (χ1n) is 10.8. The van der Waals surface area contributed by atoms with Gasteiger partial charge in [-0.1, -0.05) is 26.2 Å². The number of esters is 1. The maximum Gasteiger partial charge on any atom is 0.508 e. The van der Waals surface area contributed by atoms with E-state index in [1.54, 1.807) is 0 Å². The number of carbonyl (C=O) groups is 2. The van der Waals surface area contributed by atoms with Crippen LogP contribution < -0.4 is 0 Å². The molecule has 0 aliphatic rings. The highest BCUT2D eigenvalue weighted by atomic mass is 16.7. The van der Waals surface area contributed by atoms with Crippen LogP contribution in [0.25, 0.3) is 0 Å². The van der Waals surface area contributed by atoms with E-state index in [2.05, 4.69) is 11.8 Å². The van der Waals surface area contributed by atoms with Gasteiger partial charge in [0.05, 0.1) is 26.2 Å². The SMILES string of the molecule is CCCN(C)CCC(=O)OCCCCCCOC(=O)OCCCCCCCO. The number of aliphatic hydroxyl groups excluding tert-OH is 1. The van der Waals surface area contributed by atoms with Crippen molar-refractivity contribution in [2.75, 3.05) is 46.6 Å². The molecule has 0 aromatic heterocycles. The minimum atomic E-state index is -0.600. The Morgan fingerprint density at radius 3 is 1.79 bits per heavy atom. The summed E-state index contributed by atoms with van der Waals surface area (Å²) >= 11 is 0. The molecule has 0 aromatic rings. The Hall–Kier alpha value is -1.34. The lowest BCUT2D eigenvalue weighted by molar-refractivity contribution is -0.144. The van der Waals surface area contributed by atoms with Gasteiger partial charge in [0.25, 0.3) is 0 Å². The molecule has 166 valence electrons. The predicted molar refractivity (Wildman–Crippen MR) is 109 cm³/mol. The summed E-state index contributed by atoms with van der Waals surface area (Å²) in [6.45, 7) is 5.30. The molecule has 7 nitrogen and oxygen atoms in total. The van der Waals surface area contributed by atoms with E-state index in [1.807, 2.05) is 7.05 Å². The monoisotopic (exact) mass is 403 g/mol. The second-order valence-corrected chi connectivity index (χ2v) is 7.13. The zero-order chi connectivity index (χ0) is 20.9. The van der Waals surface area contributed by atoms with Crippen molar-refractivity contribution in [3.8, 4) is 0 Å². The standard InChI is InChI=1S/C21H41NO6/c1-3-14-22(2)15-13-20(24)26-17-10-7-8-12-19-28-21(25)27-18-11-6-4-5-9-16-23/h23H,3-19H2,1-2H3. The summed E-state index contributed by atoms with van der Waals surface area (Å²) in [6.07, 6.45) is 9.11. The molecule has 0 heterocycles. The summed E-state index contributed by atoms with van der Waals surface area (Å²) in [5, 5.41) is 8.67. The molecule has 0 aliphatic carbocycles. The Balaban J connectivity index is 3.31. The molecule has 0 amide bonds. The topological polar surface area (TPSA) is 85.3 Å². The van der Waals surface area contributed by atoms with Crippen molar-refractivity contribution in [2.24, 2.45) is 0 Å². The van der Waals surface area contributed by atoms with E-state index >= 15 is 0 Å². The van der Waals surface area contributed by atoms with Gasteiger partial charge in [0, 0.05) is 13.2 Å². The molecular formula is C21H41NO6. The smallest absolute Gasteiger partial charge is 0.466 e. The van der Waals surface area contributed by atoms with E-state index in [0.717, 1.165) is 77.3 Å². The van der Waals surface area contributed by atoms with Crippen LogP contribution in [0.5, 0.6) is 0 Å². The number of ether oxygens (including phenoxy) is 3. The Kier molecular flexibility index (Phi) is 19.4. The van der Waals surface area contributed by atoms with Crippen molar-refractivity contribution in [3.05, 3.63) is 0 Å². The predicted octanol–water partition coefficient (Wildman–Crippen LogP) is 3.92. The first-order chi connectivity index (χ1) is 13.6. The number of aliphatic hydroxyl groups is 1. The fraction of sp³-hybridized carbons (Fsp3) is 0.905. The molecule has 0 rings (SSSR count). The summed E-state index contributed by atoms with van der Waals surface area (Å²) in [7, 11) is 2.01. The summed E-state index contributed by atoms with van der Waals surface area (Å²) in [5.74, 6) is -0.137. The van der Waals surface area contributed by atoms with Gasteiger partial charge in [-0.3, -0.25) is 4.79 Å². The third-order valence-corrected chi connectivity index (χ3v) is 4.35. The van der Waals surface area contributed by atoms with E-state index in [4.69, 9.17) is 19.3 Å². The van der Waals surface area contributed by atoms with Gasteiger partial charge >= 0.3 is 12.1 Å². The first-order valence-corrected chi connectivity index (χ1v) is 10.8. The average molecular weight is 404 g/mol. The maximum atomic E-state index is 11.6. The van der Waals surface area contributed by atoms with Gasteiger partial charge in [0.15, 0.2) is 0 Å². The fourth-order valence-corrected chi connectivity index (χ4v) is 2.69. The fourth-order valence-electron chi connectivity index (χ4n) is 2.69. The van der Waals surface area contributed by atoms with Gasteiger partial charge in [0.1, 0.15) is 0 Å². The van der Waals surface area contributed by atoms with Crippen LogP contribution in [0.1, 0.15) is 77.6 Å². The number of hydrogen-bond donors (Lipinski definition) is 1. The largest absolute Gasteiger partial charge is 0.508 e. The quantitative estimate of drug-likeness (QED) is 0.258. The van der Waals surface area contributed by atoms with Crippen LogP contribution in [-0.2, 0) is 19.0 Å². The van der Waals surface area contributed by atoms with Gasteiger partial charge in [-0.25, -0.2) is 4.79 Å². The minimum Gasteiger partial charge on any atom is -0.466 e. The van der Waals surface area contributed by atoms with Gasteiger partial charge in [-0.2, -0.15) is 0 Å². The molecule has 0 fully saturated rings. The molecule has 0 saturated carbocycles. The molecule has 0 saturated heterocycles. The summed E-state index contributed by atoms with van der Waals surface area (Å²) in [6, 6.07) is 0. The molecule has 0 bridgehead atoms. The van der Waals surface area contributed by atoms with Crippen LogP contribution in [-0.4, -0.2) is 68.7 Å². The first kappa shape index (κ1) is 26.7. The van der Waals surface area contributed by atoms with Crippen LogP contribution in [0.4, 0.5) is 4.79 Å². The van der Waals surface area contributed by atoms with Crippen LogP contribution in [0.2, 0.25) is 0 Å².